The van der Waals surface area contributed by atoms with Crippen LogP contribution in [0.3, 0.4) is 0 Å². The molecule has 1 atom stereocenters. The standard InChI is InChI=1S/C14H10F2N2O/c15-10-5-9(6-11(16)7-10)14(19)12-8-17-18-4-2-1-3-13(12)18/h1-8,14,19H. The van der Waals surface area contributed by atoms with E-state index in [4.69, 9.17) is 0 Å². The fraction of sp³-hybridized carbons (Fsp3) is 0.0714. The van der Waals surface area contributed by atoms with Gasteiger partial charge in [-0.25, -0.2) is 13.3 Å². The summed E-state index contributed by atoms with van der Waals surface area (Å²) in [6, 6.07) is 8.38. The van der Waals surface area contributed by atoms with Crippen molar-refractivity contribution in [3.05, 3.63) is 71.6 Å². The quantitative estimate of drug-likeness (QED) is 0.769. The van der Waals surface area contributed by atoms with E-state index in [0.717, 1.165) is 18.2 Å². The maximum Gasteiger partial charge on any atom is 0.126 e. The molecule has 0 aliphatic carbocycles. The summed E-state index contributed by atoms with van der Waals surface area (Å²) < 4.78 is 27.9. The summed E-state index contributed by atoms with van der Waals surface area (Å²) in [6.07, 6.45) is 2.10. The highest BCUT2D eigenvalue weighted by atomic mass is 19.1. The number of fused-ring (bicyclic) bond motifs is 1. The van der Waals surface area contributed by atoms with Gasteiger partial charge in [0.1, 0.15) is 17.7 Å². The number of rotatable bonds is 2. The average Bonchev–Trinajstić information content (AvgIpc) is 2.80. The molecule has 0 radical (unpaired) electrons. The Kier molecular flexibility index (Phi) is 2.76. The van der Waals surface area contributed by atoms with Gasteiger partial charge in [0.15, 0.2) is 0 Å². The summed E-state index contributed by atoms with van der Waals surface area (Å²) in [6.45, 7) is 0. The fourth-order valence-electron chi connectivity index (χ4n) is 2.08. The Balaban J connectivity index is 2.10. The van der Waals surface area contributed by atoms with Gasteiger partial charge in [0.25, 0.3) is 0 Å². The van der Waals surface area contributed by atoms with Gasteiger partial charge in [0.05, 0.1) is 11.7 Å². The number of benzene rings is 1. The minimum absolute atomic E-state index is 0.163. The molecule has 3 rings (SSSR count). The molecule has 96 valence electrons. The van der Waals surface area contributed by atoms with E-state index in [2.05, 4.69) is 5.10 Å². The zero-order valence-corrected chi connectivity index (χ0v) is 9.79. The molecule has 5 heteroatoms. The molecule has 0 aliphatic heterocycles. The largest absolute Gasteiger partial charge is 0.384 e. The molecule has 3 aromatic rings. The number of nitrogens with zero attached hydrogens (tertiary/aromatic N) is 2. The predicted octanol–water partition coefficient (Wildman–Crippen LogP) is 2.69. The third-order valence-corrected chi connectivity index (χ3v) is 2.95. The first-order valence-electron chi connectivity index (χ1n) is 5.71. The van der Waals surface area contributed by atoms with E-state index >= 15 is 0 Å². The molecule has 1 N–H and O–H groups in total. The molecular formula is C14H10F2N2O. The lowest BCUT2D eigenvalue weighted by Crippen LogP contribution is -2.01. The van der Waals surface area contributed by atoms with Gasteiger partial charge < -0.3 is 5.11 Å². The van der Waals surface area contributed by atoms with Crippen molar-refractivity contribution in [2.24, 2.45) is 0 Å². The first-order chi connectivity index (χ1) is 9.15. The number of hydrogen-bond acceptors (Lipinski definition) is 2. The molecule has 0 saturated heterocycles. The Labute approximate surface area is 107 Å². The van der Waals surface area contributed by atoms with Crippen molar-refractivity contribution in [2.75, 3.05) is 0 Å². The topological polar surface area (TPSA) is 37.5 Å². The molecule has 1 unspecified atom stereocenters. The SMILES string of the molecule is OC(c1cc(F)cc(F)c1)c1cnn2ccccc12. The first-order valence-corrected chi connectivity index (χ1v) is 5.71. The molecule has 0 aliphatic rings. The number of halogens is 2. The van der Waals surface area contributed by atoms with Gasteiger partial charge in [-0.15, -0.1) is 0 Å². The van der Waals surface area contributed by atoms with Crippen LogP contribution in [0, 0.1) is 11.6 Å². The maximum atomic E-state index is 13.2. The smallest absolute Gasteiger partial charge is 0.126 e. The van der Waals surface area contributed by atoms with Gasteiger partial charge >= 0.3 is 0 Å². The molecule has 0 spiro atoms. The van der Waals surface area contributed by atoms with E-state index in [1.54, 1.807) is 28.9 Å². The Hall–Kier alpha value is -2.27. The molecule has 2 aromatic heterocycles. The van der Waals surface area contributed by atoms with Crippen LogP contribution in [0.4, 0.5) is 8.78 Å². The molecular weight excluding hydrogens is 250 g/mol. The fourth-order valence-corrected chi connectivity index (χ4v) is 2.08. The van der Waals surface area contributed by atoms with Gasteiger partial charge in [-0.2, -0.15) is 5.10 Å². The van der Waals surface area contributed by atoms with Crippen molar-refractivity contribution >= 4 is 5.52 Å². The number of hydrogen-bond donors (Lipinski definition) is 1. The second-order valence-electron chi connectivity index (χ2n) is 4.24. The summed E-state index contributed by atoms with van der Waals surface area (Å²) in [7, 11) is 0. The minimum Gasteiger partial charge on any atom is -0.384 e. The lowest BCUT2D eigenvalue weighted by atomic mass is 10.0. The lowest BCUT2D eigenvalue weighted by molar-refractivity contribution is 0.220. The van der Waals surface area contributed by atoms with Crippen LogP contribution in [0.15, 0.2) is 48.8 Å². The van der Waals surface area contributed by atoms with E-state index in [1.165, 1.54) is 6.20 Å². The van der Waals surface area contributed by atoms with Crippen LogP contribution in [0.5, 0.6) is 0 Å². The van der Waals surface area contributed by atoms with Crippen molar-refractivity contribution in [1.82, 2.24) is 9.61 Å². The molecule has 0 saturated carbocycles. The Morgan fingerprint density at radius 3 is 2.58 bits per heavy atom. The van der Waals surface area contributed by atoms with E-state index in [0.29, 0.717) is 11.1 Å². The molecule has 0 amide bonds. The number of aliphatic hydroxyl groups excluding tert-OH is 1. The first kappa shape index (κ1) is 11.8. The summed E-state index contributed by atoms with van der Waals surface area (Å²) in [4.78, 5) is 0. The molecule has 2 heterocycles. The van der Waals surface area contributed by atoms with E-state index in [9.17, 15) is 13.9 Å². The molecule has 3 nitrogen and oxygen atoms in total. The minimum atomic E-state index is -1.12. The highest BCUT2D eigenvalue weighted by Gasteiger charge is 2.17. The molecule has 0 bridgehead atoms. The summed E-state index contributed by atoms with van der Waals surface area (Å²) in [5.74, 6) is -1.43. The third kappa shape index (κ3) is 2.08. The number of pyridine rings is 1. The highest BCUT2D eigenvalue weighted by molar-refractivity contribution is 5.56. The Bertz CT molecular complexity index is 719. The van der Waals surface area contributed by atoms with Crippen LogP contribution < -0.4 is 0 Å². The number of aromatic nitrogens is 2. The predicted molar refractivity (Wildman–Crippen MR) is 65.6 cm³/mol. The van der Waals surface area contributed by atoms with Crippen molar-refractivity contribution in [3.8, 4) is 0 Å². The van der Waals surface area contributed by atoms with Crippen LogP contribution in [-0.4, -0.2) is 14.7 Å². The second kappa shape index (κ2) is 4.44. The average molecular weight is 260 g/mol. The molecule has 1 aromatic carbocycles. The van der Waals surface area contributed by atoms with Gasteiger partial charge in [-0.1, -0.05) is 6.07 Å². The highest BCUT2D eigenvalue weighted by Crippen LogP contribution is 2.26. The van der Waals surface area contributed by atoms with Crippen molar-refractivity contribution < 1.29 is 13.9 Å². The number of aliphatic hydroxyl groups is 1. The Morgan fingerprint density at radius 1 is 1.11 bits per heavy atom. The van der Waals surface area contributed by atoms with Crippen molar-refractivity contribution in [3.63, 3.8) is 0 Å². The van der Waals surface area contributed by atoms with Crippen LogP contribution >= 0.6 is 0 Å². The summed E-state index contributed by atoms with van der Waals surface area (Å²) in [5.41, 5.74) is 1.36. The van der Waals surface area contributed by atoms with Crippen LogP contribution in [-0.2, 0) is 0 Å². The normalized spacial score (nSPS) is 12.8. The molecule has 19 heavy (non-hydrogen) atoms. The zero-order valence-electron chi connectivity index (χ0n) is 9.79. The van der Waals surface area contributed by atoms with Crippen LogP contribution in [0.2, 0.25) is 0 Å². The third-order valence-electron chi connectivity index (χ3n) is 2.95. The van der Waals surface area contributed by atoms with Gasteiger partial charge in [0, 0.05) is 17.8 Å². The lowest BCUT2D eigenvalue weighted by Gasteiger charge is -2.10. The molecule has 0 fully saturated rings. The van der Waals surface area contributed by atoms with E-state index in [1.807, 2.05) is 0 Å². The van der Waals surface area contributed by atoms with Gasteiger partial charge in [-0.05, 0) is 29.8 Å². The van der Waals surface area contributed by atoms with Gasteiger partial charge in [0.2, 0.25) is 0 Å². The van der Waals surface area contributed by atoms with Crippen LogP contribution in [0.25, 0.3) is 5.52 Å². The van der Waals surface area contributed by atoms with Crippen molar-refractivity contribution in [1.29, 1.82) is 0 Å². The van der Waals surface area contributed by atoms with E-state index < -0.39 is 17.7 Å². The monoisotopic (exact) mass is 260 g/mol. The maximum absolute atomic E-state index is 13.2. The van der Waals surface area contributed by atoms with Gasteiger partial charge in [-0.3, -0.25) is 0 Å². The zero-order chi connectivity index (χ0) is 13.4. The van der Waals surface area contributed by atoms with Crippen molar-refractivity contribution in [2.45, 2.75) is 6.10 Å². The Morgan fingerprint density at radius 2 is 1.84 bits per heavy atom. The van der Waals surface area contributed by atoms with E-state index in [-0.39, 0.29) is 5.56 Å². The summed E-state index contributed by atoms with van der Waals surface area (Å²) >= 11 is 0. The summed E-state index contributed by atoms with van der Waals surface area (Å²) in [5, 5.41) is 14.3. The second-order valence-corrected chi connectivity index (χ2v) is 4.24. The van der Waals surface area contributed by atoms with Crippen LogP contribution in [0.1, 0.15) is 17.2 Å².